The molecule has 0 radical (unpaired) electrons. The maximum atomic E-state index is 14.1. The van der Waals surface area contributed by atoms with Crippen molar-refractivity contribution < 1.29 is 17.6 Å². The van der Waals surface area contributed by atoms with E-state index in [1.54, 1.807) is 12.1 Å². The standard InChI is InChI=1S/C20H19F3N8O/c21-11-7-14(22)13(15(23)8-11)10-30-5-1-3-12(30)9-25-19-27-18(24)31-20(28-19)26-17(29-31)16-4-2-6-32-16/h2,4,6-8,12H,1,3,5,9-10H2,(H3,24,25,26,27,28,29)/t12-/m1/s1. The first-order valence-corrected chi connectivity index (χ1v) is 10.0. The number of halogens is 3. The summed E-state index contributed by atoms with van der Waals surface area (Å²) in [4.78, 5) is 14.8. The Morgan fingerprint density at radius 3 is 2.72 bits per heavy atom. The van der Waals surface area contributed by atoms with Gasteiger partial charge >= 0.3 is 0 Å². The molecular weight excluding hydrogens is 425 g/mol. The van der Waals surface area contributed by atoms with Gasteiger partial charge < -0.3 is 15.5 Å². The van der Waals surface area contributed by atoms with Crippen molar-refractivity contribution in [1.29, 1.82) is 0 Å². The van der Waals surface area contributed by atoms with E-state index in [2.05, 4.69) is 25.4 Å². The molecule has 4 heterocycles. The number of furan rings is 1. The van der Waals surface area contributed by atoms with Crippen LogP contribution in [0.25, 0.3) is 17.4 Å². The Labute approximate surface area is 180 Å². The second-order valence-electron chi connectivity index (χ2n) is 7.53. The average molecular weight is 444 g/mol. The van der Waals surface area contributed by atoms with Crippen molar-refractivity contribution in [1.82, 2.24) is 29.5 Å². The minimum absolute atomic E-state index is 0.0172. The van der Waals surface area contributed by atoms with E-state index in [1.807, 2.05) is 4.90 Å². The van der Waals surface area contributed by atoms with Gasteiger partial charge in [0.2, 0.25) is 17.7 Å². The molecule has 0 aliphatic carbocycles. The highest BCUT2D eigenvalue weighted by molar-refractivity contribution is 5.52. The third kappa shape index (κ3) is 3.84. The van der Waals surface area contributed by atoms with Gasteiger partial charge in [-0.2, -0.15) is 19.5 Å². The van der Waals surface area contributed by atoms with Crippen LogP contribution in [0.1, 0.15) is 18.4 Å². The molecule has 1 fully saturated rings. The van der Waals surface area contributed by atoms with Gasteiger partial charge in [-0.05, 0) is 31.5 Å². The van der Waals surface area contributed by atoms with Crippen molar-refractivity contribution in [2.75, 3.05) is 24.1 Å². The van der Waals surface area contributed by atoms with Crippen LogP contribution in [0.3, 0.4) is 0 Å². The summed E-state index contributed by atoms with van der Waals surface area (Å²) >= 11 is 0. The smallest absolute Gasteiger partial charge is 0.259 e. The monoisotopic (exact) mass is 444 g/mol. The molecule has 0 amide bonds. The van der Waals surface area contributed by atoms with Crippen molar-refractivity contribution in [3.8, 4) is 11.6 Å². The van der Waals surface area contributed by atoms with Crippen LogP contribution in [0.15, 0.2) is 34.9 Å². The quantitative estimate of drug-likeness (QED) is 0.467. The van der Waals surface area contributed by atoms with E-state index in [0.29, 0.717) is 36.8 Å². The third-order valence-corrected chi connectivity index (χ3v) is 5.44. The van der Waals surface area contributed by atoms with E-state index in [0.717, 1.165) is 12.8 Å². The number of nitrogens with two attached hydrogens (primary N) is 1. The van der Waals surface area contributed by atoms with Crippen LogP contribution in [-0.4, -0.2) is 48.6 Å². The molecule has 166 valence electrons. The molecule has 1 aromatic carbocycles. The van der Waals surface area contributed by atoms with Crippen LogP contribution in [-0.2, 0) is 6.54 Å². The zero-order chi connectivity index (χ0) is 22.2. The summed E-state index contributed by atoms with van der Waals surface area (Å²) in [6.07, 6.45) is 3.21. The van der Waals surface area contributed by atoms with E-state index in [1.165, 1.54) is 10.8 Å². The minimum Gasteiger partial charge on any atom is -0.461 e. The molecular formula is C20H19F3N8O. The van der Waals surface area contributed by atoms with Gasteiger partial charge in [0.25, 0.3) is 5.78 Å². The van der Waals surface area contributed by atoms with Crippen LogP contribution in [0, 0.1) is 17.5 Å². The lowest BCUT2D eigenvalue weighted by molar-refractivity contribution is 0.246. The third-order valence-electron chi connectivity index (χ3n) is 5.44. The summed E-state index contributed by atoms with van der Waals surface area (Å²) < 4.78 is 47.9. The van der Waals surface area contributed by atoms with Crippen molar-refractivity contribution >= 4 is 17.7 Å². The largest absolute Gasteiger partial charge is 0.461 e. The van der Waals surface area contributed by atoms with Gasteiger partial charge in [0.1, 0.15) is 17.5 Å². The molecule has 0 bridgehead atoms. The molecule has 4 aromatic rings. The Morgan fingerprint density at radius 1 is 1.16 bits per heavy atom. The molecule has 1 aliphatic heterocycles. The number of anilines is 2. The lowest BCUT2D eigenvalue weighted by Crippen LogP contribution is -2.35. The van der Waals surface area contributed by atoms with Gasteiger partial charge in [0.15, 0.2) is 5.76 Å². The molecule has 9 nitrogen and oxygen atoms in total. The predicted octanol–water partition coefficient (Wildman–Crippen LogP) is 2.86. The van der Waals surface area contributed by atoms with Crippen LogP contribution < -0.4 is 11.1 Å². The normalized spacial score (nSPS) is 16.8. The fourth-order valence-electron chi connectivity index (χ4n) is 3.86. The van der Waals surface area contributed by atoms with Gasteiger partial charge in [-0.15, -0.1) is 5.10 Å². The Morgan fingerprint density at radius 2 is 1.97 bits per heavy atom. The van der Waals surface area contributed by atoms with Crippen molar-refractivity contribution in [3.05, 3.63) is 53.5 Å². The maximum absolute atomic E-state index is 14.1. The number of benzene rings is 1. The number of nitrogens with one attached hydrogen (secondary N) is 1. The zero-order valence-electron chi connectivity index (χ0n) is 16.8. The topological polar surface area (TPSA) is 110 Å². The summed E-state index contributed by atoms with van der Waals surface area (Å²) in [6, 6.07) is 4.82. The summed E-state index contributed by atoms with van der Waals surface area (Å²) in [5, 5.41) is 7.36. The van der Waals surface area contributed by atoms with Crippen molar-refractivity contribution in [2.45, 2.75) is 25.4 Å². The fraction of sp³-hybridized carbons (Fsp3) is 0.300. The first-order valence-electron chi connectivity index (χ1n) is 10.0. The number of nitrogens with zero attached hydrogens (tertiary/aromatic N) is 6. The number of likely N-dealkylation sites (tertiary alicyclic amines) is 1. The van der Waals surface area contributed by atoms with Gasteiger partial charge in [0.05, 0.1) is 6.26 Å². The van der Waals surface area contributed by atoms with Gasteiger partial charge in [-0.1, -0.05) is 0 Å². The lowest BCUT2D eigenvalue weighted by Gasteiger charge is -2.25. The minimum atomic E-state index is -0.933. The molecule has 0 unspecified atom stereocenters. The van der Waals surface area contributed by atoms with Gasteiger partial charge in [0, 0.05) is 36.8 Å². The number of fused-ring (bicyclic) bond motifs is 1. The molecule has 3 N–H and O–H groups in total. The van der Waals surface area contributed by atoms with E-state index >= 15 is 0 Å². The molecule has 0 spiro atoms. The van der Waals surface area contributed by atoms with Crippen LogP contribution in [0.2, 0.25) is 0 Å². The van der Waals surface area contributed by atoms with E-state index in [-0.39, 0.29) is 35.8 Å². The molecule has 12 heteroatoms. The number of rotatable bonds is 6. The number of aromatic nitrogens is 5. The molecule has 1 atom stereocenters. The highest BCUT2D eigenvalue weighted by atomic mass is 19.1. The Bertz CT molecular complexity index is 1240. The van der Waals surface area contributed by atoms with E-state index in [4.69, 9.17) is 10.2 Å². The lowest BCUT2D eigenvalue weighted by atomic mass is 10.1. The van der Waals surface area contributed by atoms with Crippen LogP contribution >= 0.6 is 0 Å². The zero-order valence-corrected chi connectivity index (χ0v) is 16.8. The molecule has 3 aromatic heterocycles. The molecule has 1 aliphatic rings. The first kappa shape index (κ1) is 20.2. The van der Waals surface area contributed by atoms with Gasteiger partial charge in [-0.25, -0.2) is 13.2 Å². The molecule has 32 heavy (non-hydrogen) atoms. The Hall–Kier alpha value is -3.67. The summed E-state index contributed by atoms with van der Waals surface area (Å²) in [6.45, 7) is 1.14. The number of hydrogen-bond acceptors (Lipinski definition) is 8. The second-order valence-corrected chi connectivity index (χ2v) is 7.53. The molecule has 0 saturated carbocycles. The number of hydrogen-bond donors (Lipinski definition) is 2. The fourth-order valence-corrected chi connectivity index (χ4v) is 3.86. The maximum Gasteiger partial charge on any atom is 0.259 e. The van der Waals surface area contributed by atoms with Gasteiger partial charge in [-0.3, -0.25) is 4.90 Å². The second kappa shape index (κ2) is 8.11. The summed E-state index contributed by atoms with van der Waals surface area (Å²) in [5.74, 6) is -1.28. The molecule has 1 saturated heterocycles. The van der Waals surface area contributed by atoms with E-state index in [9.17, 15) is 13.2 Å². The summed E-state index contributed by atoms with van der Waals surface area (Å²) in [7, 11) is 0. The van der Waals surface area contributed by atoms with Crippen LogP contribution in [0.5, 0.6) is 0 Å². The highest BCUT2D eigenvalue weighted by Crippen LogP contribution is 2.24. The Balaban J connectivity index is 1.30. The summed E-state index contributed by atoms with van der Waals surface area (Å²) in [5.41, 5.74) is 5.85. The van der Waals surface area contributed by atoms with E-state index < -0.39 is 17.5 Å². The van der Waals surface area contributed by atoms with Crippen LogP contribution in [0.4, 0.5) is 25.1 Å². The van der Waals surface area contributed by atoms with Crippen molar-refractivity contribution in [3.63, 3.8) is 0 Å². The van der Waals surface area contributed by atoms with Crippen molar-refractivity contribution in [2.24, 2.45) is 0 Å². The highest BCUT2D eigenvalue weighted by Gasteiger charge is 2.27. The average Bonchev–Trinajstić information content (AvgIpc) is 3.49. The SMILES string of the molecule is Nc1nc(NC[C@H]2CCCN2Cc2c(F)cc(F)cc2F)nc2nc(-c3ccco3)nn12. The first-order chi connectivity index (χ1) is 15.5. The number of nitrogen functional groups attached to an aromatic ring is 1. The predicted molar refractivity (Wildman–Crippen MR) is 109 cm³/mol. The Kier molecular flexibility index (Phi) is 5.13. The molecule has 5 rings (SSSR count).